The first-order valence-corrected chi connectivity index (χ1v) is 8.24. The highest BCUT2D eigenvalue weighted by Crippen LogP contribution is 2.17. The summed E-state index contributed by atoms with van der Waals surface area (Å²) in [4.78, 5) is 14.2. The highest BCUT2D eigenvalue weighted by atomic mass is 35.5. The SMILES string of the molecule is CC(C)C(N)CCN(C)C(=O)c1occc1COc1ccccc1.Cl. The van der Waals surface area contributed by atoms with Crippen LogP contribution in [-0.2, 0) is 6.61 Å². The summed E-state index contributed by atoms with van der Waals surface area (Å²) in [5.74, 6) is 1.33. The molecule has 0 saturated heterocycles. The van der Waals surface area contributed by atoms with E-state index < -0.39 is 0 Å². The Morgan fingerprint density at radius 1 is 1.24 bits per heavy atom. The van der Waals surface area contributed by atoms with E-state index in [0.717, 1.165) is 17.7 Å². The molecule has 25 heavy (non-hydrogen) atoms. The van der Waals surface area contributed by atoms with Crippen molar-refractivity contribution >= 4 is 18.3 Å². The summed E-state index contributed by atoms with van der Waals surface area (Å²) in [6, 6.07) is 11.3. The first-order chi connectivity index (χ1) is 11.5. The lowest BCUT2D eigenvalue weighted by Gasteiger charge is -2.21. The number of rotatable bonds is 8. The average Bonchev–Trinajstić information content (AvgIpc) is 3.06. The van der Waals surface area contributed by atoms with E-state index in [4.69, 9.17) is 14.9 Å². The smallest absolute Gasteiger partial charge is 0.289 e. The third kappa shape index (κ3) is 6.11. The lowest BCUT2D eigenvalue weighted by Crippen LogP contribution is -2.34. The summed E-state index contributed by atoms with van der Waals surface area (Å²) in [6.07, 6.45) is 2.28. The van der Waals surface area contributed by atoms with Crippen LogP contribution >= 0.6 is 12.4 Å². The highest BCUT2D eigenvalue weighted by molar-refractivity contribution is 5.92. The van der Waals surface area contributed by atoms with Crippen molar-refractivity contribution in [1.82, 2.24) is 4.90 Å². The zero-order valence-electron chi connectivity index (χ0n) is 15.0. The van der Waals surface area contributed by atoms with Crippen LogP contribution in [0.1, 0.15) is 36.4 Å². The second kappa shape index (κ2) is 10.1. The van der Waals surface area contributed by atoms with Crippen molar-refractivity contribution in [2.75, 3.05) is 13.6 Å². The van der Waals surface area contributed by atoms with Crippen LogP contribution in [0.15, 0.2) is 47.1 Å². The number of furan rings is 1. The van der Waals surface area contributed by atoms with E-state index in [1.54, 1.807) is 18.0 Å². The maximum atomic E-state index is 12.6. The standard InChI is InChI=1S/C19H26N2O3.ClH/c1-14(2)17(20)9-11-21(3)19(22)18-15(10-12-23-18)13-24-16-7-5-4-6-8-16;/h4-8,10,12,14,17H,9,11,13,20H2,1-3H3;1H. The number of nitrogens with zero attached hydrogens (tertiary/aromatic N) is 1. The molecule has 1 unspecified atom stereocenters. The molecule has 2 N–H and O–H groups in total. The zero-order chi connectivity index (χ0) is 17.5. The first-order valence-electron chi connectivity index (χ1n) is 8.24. The first kappa shape index (κ1) is 21.1. The lowest BCUT2D eigenvalue weighted by molar-refractivity contribution is 0.0754. The molecule has 1 amide bonds. The van der Waals surface area contributed by atoms with Crippen LogP contribution in [0.25, 0.3) is 0 Å². The van der Waals surface area contributed by atoms with E-state index in [-0.39, 0.29) is 24.4 Å². The number of para-hydroxylation sites is 1. The largest absolute Gasteiger partial charge is 0.489 e. The maximum absolute atomic E-state index is 12.6. The molecule has 1 heterocycles. The summed E-state index contributed by atoms with van der Waals surface area (Å²) in [6.45, 7) is 5.05. The van der Waals surface area contributed by atoms with E-state index in [1.165, 1.54) is 6.26 Å². The molecule has 0 spiro atoms. The van der Waals surface area contributed by atoms with E-state index in [1.807, 2.05) is 30.3 Å². The minimum Gasteiger partial charge on any atom is -0.489 e. The van der Waals surface area contributed by atoms with Gasteiger partial charge in [-0.25, -0.2) is 0 Å². The van der Waals surface area contributed by atoms with Crippen molar-refractivity contribution in [3.63, 3.8) is 0 Å². The predicted molar refractivity (Wildman–Crippen MR) is 101 cm³/mol. The van der Waals surface area contributed by atoms with Gasteiger partial charge in [-0.1, -0.05) is 32.0 Å². The van der Waals surface area contributed by atoms with Crippen molar-refractivity contribution in [3.8, 4) is 5.75 Å². The Labute approximate surface area is 155 Å². The molecule has 6 heteroatoms. The van der Waals surface area contributed by atoms with Gasteiger partial charge in [-0.15, -0.1) is 12.4 Å². The number of nitrogens with two attached hydrogens (primary N) is 1. The summed E-state index contributed by atoms with van der Waals surface area (Å²) < 4.78 is 11.1. The van der Waals surface area contributed by atoms with Crippen molar-refractivity contribution < 1.29 is 13.9 Å². The molecule has 1 atom stereocenters. The molecule has 0 aliphatic rings. The molecule has 0 radical (unpaired) electrons. The molecule has 138 valence electrons. The number of carbonyl (C=O) groups is 1. The van der Waals surface area contributed by atoms with Crippen LogP contribution in [-0.4, -0.2) is 30.4 Å². The zero-order valence-corrected chi connectivity index (χ0v) is 15.8. The number of hydrogen-bond donors (Lipinski definition) is 1. The summed E-state index contributed by atoms with van der Waals surface area (Å²) in [7, 11) is 1.76. The van der Waals surface area contributed by atoms with Gasteiger partial charge in [-0.2, -0.15) is 0 Å². The van der Waals surface area contributed by atoms with Crippen LogP contribution in [0.2, 0.25) is 0 Å². The number of ether oxygens (including phenoxy) is 1. The molecule has 0 aliphatic carbocycles. The number of carbonyl (C=O) groups excluding carboxylic acids is 1. The van der Waals surface area contributed by atoms with Crippen LogP contribution in [0.5, 0.6) is 5.75 Å². The molecular weight excluding hydrogens is 340 g/mol. The van der Waals surface area contributed by atoms with Crippen LogP contribution in [0, 0.1) is 5.92 Å². The fourth-order valence-corrected chi connectivity index (χ4v) is 2.27. The van der Waals surface area contributed by atoms with Crippen molar-refractivity contribution in [1.29, 1.82) is 0 Å². The molecule has 1 aromatic heterocycles. The second-order valence-electron chi connectivity index (χ2n) is 6.30. The Morgan fingerprint density at radius 2 is 1.92 bits per heavy atom. The number of halogens is 1. The minimum atomic E-state index is -0.150. The van der Waals surface area contributed by atoms with Gasteiger partial charge in [0, 0.05) is 25.2 Å². The number of amides is 1. The summed E-state index contributed by atoms with van der Waals surface area (Å²) >= 11 is 0. The van der Waals surface area contributed by atoms with Crippen LogP contribution in [0.4, 0.5) is 0 Å². The van der Waals surface area contributed by atoms with Gasteiger partial charge in [-0.05, 0) is 30.5 Å². The van der Waals surface area contributed by atoms with E-state index >= 15 is 0 Å². The molecule has 0 bridgehead atoms. The molecule has 2 rings (SSSR count). The fourth-order valence-electron chi connectivity index (χ4n) is 2.27. The molecular formula is C19H27ClN2O3. The molecule has 0 saturated carbocycles. The molecule has 0 aliphatic heterocycles. The number of hydrogen-bond acceptors (Lipinski definition) is 4. The van der Waals surface area contributed by atoms with E-state index in [9.17, 15) is 4.79 Å². The topological polar surface area (TPSA) is 68.7 Å². The van der Waals surface area contributed by atoms with Gasteiger partial charge in [0.15, 0.2) is 5.76 Å². The predicted octanol–water partition coefficient (Wildman–Crippen LogP) is 3.73. The molecule has 2 aromatic rings. The van der Waals surface area contributed by atoms with Gasteiger partial charge in [0.05, 0.1) is 6.26 Å². The number of benzene rings is 1. The van der Waals surface area contributed by atoms with E-state index in [0.29, 0.717) is 24.8 Å². The van der Waals surface area contributed by atoms with Crippen molar-refractivity contribution in [2.24, 2.45) is 11.7 Å². The average molecular weight is 367 g/mol. The van der Waals surface area contributed by atoms with Gasteiger partial charge in [0.1, 0.15) is 12.4 Å². The summed E-state index contributed by atoms with van der Waals surface area (Å²) in [5, 5.41) is 0. The quantitative estimate of drug-likeness (QED) is 0.772. The van der Waals surface area contributed by atoms with Gasteiger partial charge >= 0.3 is 0 Å². The highest BCUT2D eigenvalue weighted by Gasteiger charge is 2.20. The minimum absolute atomic E-state index is 0. The van der Waals surface area contributed by atoms with E-state index in [2.05, 4.69) is 13.8 Å². The van der Waals surface area contributed by atoms with Crippen LogP contribution in [0.3, 0.4) is 0 Å². The third-order valence-electron chi connectivity index (χ3n) is 4.08. The van der Waals surface area contributed by atoms with Gasteiger partial charge in [0.25, 0.3) is 5.91 Å². The van der Waals surface area contributed by atoms with Gasteiger partial charge < -0.3 is 19.8 Å². The Morgan fingerprint density at radius 3 is 2.56 bits per heavy atom. The summed E-state index contributed by atoms with van der Waals surface area (Å²) in [5.41, 5.74) is 6.78. The normalized spacial score (nSPS) is 11.7. The van der Waals surface area contributed by atoms with Gasteiger partial charge in [-0.3, -0.25) is 4.79 Å². The monoisotopic (exact) mass is 366 g/mol. The van der Waals surface area contributed by atoms with Crippen LogP contribution < -0.4 is 10.5 Å². The van der Waals surface area contributed by atoms with Gasteiger partial charge in [0.2, 0.25) is 0 Å². The third-order valence-corrected chi connectivity index (χ3v) is 4.08. The second-order valence-corrected chi connectivity index (χ2v) is 6.30. The Balaban J connectivity index is 0.00000312. The maximum Gasteiger partial charge on any atom is 0.289 e. The lowest BCUT2D eigenvalue weighted by atomic mass is 10.0. The fraction of sp³-hybridized carbons (Fsp3) is 0.421. The Bertz CT molecular complexity index is 643. The molecule has 5 nitrogen and oxygen atoms in total. The van der Waals surface area contributed by atoms with Crippen molar-refractivity contribution in [3.05, 3.63) is 54.0 Å². The van der Waals surface area contributed by atoms with Crippen molar-refractivity contribution in [2.45, 2.75) is 32.9 Å². The molecule has 0 fully saturated rings. The molecule has 1 aromatic carbocycles. The Hall–Kier alpha value is -1.98. The Kier molecular flexibility index (Phi) is 8.52.